The van der Waals surface area contributed by atoms with Crippen molar-refractivity contribution in [1.29, 1.82) is 0 Å². The number of likely N-dealkylation sites (tertiary alicyclic amines) is 1. The molecule has 1 N–H and O–H groups in total. The molecule has 1 aromatic carbocycles. The first-order chi connectivity index (χ1) is 13.6. The number of benzene rings is 1. The number of hydrogen-bond donors (Lipinski definition) is 1. The molecule has 2 heterocycles. The molecule has 28 heavy (non-hydrogen) atoms. The van der Waals surface area contributed by atoms with E-state index in [2.05, 4.69) is 5.32 Å². The molecule has 0 spiro atoms. The van der Waals surface area contributed by atoms with Crippen LogP contribution in [0.15, 0.2) is 35.7 Å². The molecule has 1 aliphatic heterocycles. The van der Waals surface area contributed by atoms with E-state index in [1.165, 1.54) is 11.3 Å². The Balaban J connectivity index is 1.55. The second kappa shape index (κ2) is 8.14. The standard InChI is InChI=1S/C21H22N2O4S/c24-17(23-10-4-5-11-23)12-27-21(26)18-16(14-6-2-1-3-7-14)13-28-20(18)22-19(25)15-8-9-15/h1-3,6-7,13,15H,4-5,8-12H2,(H,22,25). The first kappa shape index (κ1) is 18.7. The van der Waals surface area contributed by atoms with Gasteiger partial charge in [0.25, 0.3) is 5.91 Å². The van der Waals surface area contributed by atoms with Crippen LogP contribution in [-0.4, -0.2) is 42.4 Å². The molecule has 0 atom stereocenters. The highest BCUT2D eigenvalue weighted by Crippen LogP contribution is 2.38. The average molecular weight is 398 g/mol. The van der Waals surface area contributed by atoms with Crippen LogP contribution < -0.4 is 5.32 Å². The van der Waals surface area contributed by atoms with E-state index in [-0.39, 0.29) is 24.3 Å². The topological polar surface area (TPSA) is 75.7 Å². The maximum atomic E-state index is 12.9. The lowest BCUT2D eigenvalue weighted by atomic mass is 10.0. The van der Waals surface area contributed by atoms with Crippen LogP contribution in [0.1, 0.15) is 36.0 Å². The Labute approximate surface area is 167 Å². The summed E-state index contributed by atoms with van der Waals surface area (Å²) in [6.07, 6.45) is 3.74. The van der Waals surface area contributed by atoms with Crippen molar-refractivity contribution in [3.63, 3.8) is 0 Å². The molecule has 146 valence electrons. The summed E-state index contributed by atoms with van der Waals surface area (Å²) in [4.78, 5) is 39.0. The maximum Gasteiger partial charge on any atom is 0.342 e. The zero-order valence-electron chi connectivity index (χ0n) is 15.5. The van der Waals surface area contributed by atoms with Gasteiger partial charge in [-0.1, -0.05) is 30.3 Å². The van der Waals surface area contributed by atoms with Crippen molar-refractivity contribution in [2.75, 3.05) is 25.0 Å². The summed E-state index contributed by atoms with van der Waals surface area (Å²) in [6, 6.07) is 9.49. The average Bonchev–Trinajstić information content (AvgIpc) is 3.26. The third-order valence-electron chi connectivity index (χ3n) is 5.05. The van der Waals surface area contributed by atoms with Crippen LogP contribution in [-0.2, 0) is 14.3 Å². The van der Waals surface area contributed by atoms with Gasteiger partial charge in [0, 0.05) is 30.0 Å². The fourth-order valence-electron chi connectivity index (χ4n) is 3.30. The van der Waals surface area contributed by atoms with Gasteiger partial charge in [-0.25, -0.2) is 4.79 Å². The summed E-state index contributed by atoms with van der Waals surface area (Å²) in [5.74, 6) is -0.795. The molecule has 2 fully saturated rings. The monoisotopic (exact) mass is 398 g/mol. The third kappa shape index (κ3) is 4.09. The van der Waals surface area contributed by atoms with Crippen LogP contribution in [0.5, 0.6) is 0 Å². The predicted octanol–water partition coefficient (Wildman–Crippen LogP) is 3.54. The fourth-order valence-corrected chi connectivity index (χ4v) is 4.26. The normalized spacial score (nSPS) is 16.1. The minimum Gasteiger partial charge on any atom is -0.452 e. The Morgan fingerprint density at radius 2 is 1.82 bits per heavy atom. The summed E-state index contributed by atoms with van der Waals surface area (Å²) >= 11 is 1.30. The van der Waals surface area contributed by atoms with E-state index in [0.717, 1.165) is 31.2 Å². The van der Waals surface area contributed by atoms with Gasteiger partial charge in [-0.3, -0.25) is 9.59 Å². The number of ether oxygens (including phenoxy) is 1. The SMILES string of the molecule is O=C(OCC(=O)N1CCCC1)c1c(-c2ccccc2)csc1NC(=O)C1CC1. The molecule has 1 aromatic heterocycles. The maximum absolute atomic E-state index is 12.9. The lowest BCUT2D eigenvalue weighted by molar-refractivity contribution is -0.133. The number of rotatable bonds is 6. The molecule has 7 heteroatoms. The molecule has 0 unspecified atom stereocenters. The minimum atomic E-state index is -0.584. The molecule has 2 amide bonds. The molecule has 4 rings (SSSR count). The first-order valence-electron chi connectivity index (χ1n) is 9.56. The Morgan fingerprint density at radius 1 is 1.11 bits per heavy atom. The van der Waals surface area contributed by atoms with Crippen molar-refractivity contribution in [1.82, 2.24) is 4.90 Å². The number of nitrogens with one attached hydrogen (secondary N) is 1. The Hall–Kier alpha value is -2.67. The van der Waals surface area contributed by atoms with Crippen LogP contribution in [0.25, 0.3) is 11.1 Å². The van der Waals surface area contributed by atoms with Crippen molar-refractivity contribution in [3.05, 3.63) is 41.3 Å². The number of esters is 1. The highest BCUT2D eigenvalue weighted by atomic mass is 32.1. The van der Waals surface area contributed by atoms with Crippen molar-refractivity contribution in [3.8, 4) is 11.1 Å². The van der Waals surface area contributed by atoms with E-state index in [1.54, 1.807) is 4.90 Å². The van der Waals surface area contributed by atoms with Gasteiger partial charge in [-0.15, -0.1) is 11.3 Å². The zero-order chi connectivity index (χ0) is 19.5. The van der Waals surface area contributed by atoms with E-state index in [4.69, 9.17) is 4.74 Å². The van der Waals surface area contributed by atoms with Crippen LogP contribution in [0, 0.1) is 5.92 Å². The number of amides is 2. The molecule has 1 aliphatic carbocycles. The molecule has 6 nitrogen and oxygen atoms in total. The molecule has 2 aromatic rings. The van der Waals surface area contributed by atoms with Crippen molar-refractivity contribution in [2.24, 2.45) is 5.92 Å². The van der Waals surface area contributed by atoms with Gasteiger partial charge < -0.3 is 15.0 Å². The predicted molar refractivity (Wildman–Crippen MR) is 107 cm³/mol. The number of anilines is 1. The fraction of sp³-hybridized carbons (Fsp3) is 0.381. The van der Waals surface area contributed by atoms with Gasteiger partial charge in [0.2, 0.25) is 5.91 Å². The third-order valence-corrected chi connectivity index (χ3v) is 5.95. The number of nitrogens with zero attached hydrogens (tertiary/aromatic N) is 1. The molecule has 0 radical (unpaired) electrons. The molecule has 0 bridgehead atoms. The first-order valence-corrected chi connectivity index (χ1v) is 10.4. The van der Waals surface area contributed by atoms with Crippen LogP contribution in [0.3, 0.4) is 0 Å². The van der Waals surface area contributed by atoms with Gasteiger partial charge in [0.1, 0.15) is 10.6 Å². The summed E-state index contributed by atoms with van der Waals surface area (Å²) < 4.78 is 5.35. The summed E-state index contributed by atoms with van der Waals surface area (Å²) in [5, 5.41) is 5.19. The zero-order valence-corrected chi connectivity index (χ0v) is 16.3. The van der Waals surface area contributed by atoms with Gasteiger partial charge in [-0.2, -0.15) is 0 Å². The van der Waals surface area contributed by atoms with E-state index in [1.807, 2.05) is 35.7 Å². The lowest BCUT2D eigenvalue weighted by Crippen LogP contribution is -2.32. The highest BCUT2D eigenvalue weighted by Gasteiger charge is 2.32. The smallest absolute Gasteiger partial charge is 0.342 e. The molecular formula is C21H22N2O4S. The van der Waals surface area contributed by atoms with E-state index in [9.17, 15) is 14.4 Å². The van der Waals surface area contributed by atoms with Crippen LogP contribution >= 0.6 is 11.3 Å². The number of carbonyl (C=O) groups excluding carboxylic acids is 3. The van der Waals surface area contributed by atoms with E-state index < -0.39 is 5.97 Å². The highest BCUT2D eigenvalue weighted by molar-refractivity contribution is 7.15. The number of thiophene rings is 1. The van der Waals surface area contributed by atoms with Crippen LogP contribution in [0.4, 0.5) is 5.00 Å². The molecule has 2 aliphatic rings. The van der Waals surface area contributed by atoms with Gasteiger partial charge >= 0.3 is 5.97 Å². The van der Waals surface area contributed by atoms with Crippen molar-refractivity contribution >= 4 is 34.1 Å². The summed E-state index contributed by atoms with van der Waals surface area (Å²) in [7, 11) is 0. The Morgan fingerprint density at radius 3 is 2.50 bits per heavy atom. The molecular weight excluding hydrogens is 376 g/mol. The second-order valence-corrected chi connectivity index (χ2v) is 8.03. The molecule has 1 saturated carbocycles. The second-order valence-electron chi connectivity index (χ2n) is 7.15. The number of carbonyl (C=O) groups is 3. The van der Waals surface area contributed by atoms with E-state index >= 15 is 0 Å². The quantitative estimate of drug-likeness (QED) is 0.755. The molecule has 1 saturated heterocycles. The van der Waals surface area contributed by atoms with Gasteiger partial charge in [-0.05, 0) is 31.2 Å². The Kier molecular flexibility index (Phi) is 5.43. The van der Waals surface area contributed by atoms with Gasteiger partial charge in [0.05, 0.1) is 0 Å². The van der Waals surface area contributed by atoms with E-state index in [0.29, 0.717) is 29.2 Å². The van der Waals surface area contributed by atoms with Gasteiger partial charge in [0.15, 0.2) is 6.61 Å². The van der Waals surface area contributed by atoms with Crippen LogP contribution in [0.2, 0.25) is 0 Å². The summed E-state index contributed by atoms with van der Waals surface area (Å²) in [6.45, 7) is 1.15. The summed E-state index contributed by atoms with van der Waals surface area (Å²) in [5.41, 5.74) is 1.89. The van der Waals surface area contributed by atoms with Crippen molar-refractivity contribution < 1.29 is 19.1 Å². The number of hydrogen-bond acceptors (Lipinski definition) is 5. The largest absolute Gasteiger partial charge is 0.452 e. The minimum absolute atomic E-state index is 0.0305. The van der Waals surface area contributed by atoms with Crippen molar-refractivity contribution in [2.45, 2.75) is 25.7 Å². The lowest BCUT2D eigenvalue weighted by Gasteiger charge is -2.15. The Bertz CT molecular complexity index is 883.